The summed E-state index contributed by atoms with van der Waals surface area (Å²) < 4.78 is 0. The van der Waals surface area contributed by atoms with Crippen molar-refractivity contribution in [3.05, 3.63) is 0 Å². The van der Waals surface area contributed by atoms with E-state index in [1.807, 2.05) is 0 Å². The summed E-state index contributed by atoms with van der Waals surface area (Å²) in [5, 5.41) is 3.68. The first-order valence-corrected chi connectivity index (χ1v) is 7.30. The molecular formula is C14H28N2. The highest BCUT2D eigenvalue weighted by Crippen LogP contribution is 2.34. The lowest BCUT2D eigenvalue weighted by Gasteiger charge is -2.23. The molecule has 0 atom stereocenters. The average Bonchev–Trinajstić information content (AvgIpc) is 3.16. The molecule has 2 aliphatic carbocycles. The number of nitrogens with one attached hydrogen (secondary N) is 1. The fourth-order valence-corrected chi connectivity index (χ4v) is 2.48. The van der Waals surface area contributed by atoms with Gasteiger partial charge >= 0.3 is 0 Å². The number of nitrogens with zero attached hydrogens (tertiary/aromatic N) is 1. The molecule has 0 unspecified atom stereocenters. The number of hydrogen-bond donors (Lipinski definition) is 1. The molecule has 0 aliphatic heterocycles. The largest absolute Gasteiger partial charge is 0.313 e. The summed E-state index contributed by atoms with van der Waals surface area (Å²) in [6, 6.07) is 1.69. The second kappa shape index (κ2) is 6.02. The molecule has 1 N–H and O–H groups in total. The standard InChI is InChI=1S/C14H28N2/c1-3-13(4-2)15-9-10-16(14-7-8-14)11-12-5-6-12/h12-15H,3-11H2,1-2H3. The van der Waals surface area contributed by atoms with Gasteiger partial charge in [-0.25, -0.2) is 0 Å². The van der Waals surface area contributed by atoms with Gasteiger partial charge in [-0.3, -0.25) is 4.90 Å². The first-order chi connectivity index (χ1) is 7.83. The molecule has 0 heterocycles. The highest BCUT2D eigenvalue weighted by Gasteiger charge is 2.33. The van der Waals surface area contributed by atoms with Crippen LogP contribution in [0.25, 0.3) is 0 Å². The third-order valence-electron chi connectivity index (χ3n) is 4.07. The molecule has 0 saturated heterocycles. The molecule has 2 saturated carbocycles. The number of rotatable bonds is 9. The smallest absolute Gasteiger partial charge is 0.0110 e. The van der Waals surface area contributed by atoms with Crippen LogP contribution in [-0.4, -0.2) is 36.6 Å². The van der Waals surface area contributed by atoms with Crippen LogP contribution in [0.1, 0.15) is 52.4 Å². The highest BCUT2D eigenvalue weighted by atomic mass is 15.2. The average molecular weight is 224 g/mol. The van der Waals surface area contributed by atoms with Gasteiger partial charge in [0.15, 0.2) is 0 Å². The van der Waals surface area contributed by atoms with Crippen LogP contribution in [0.15, 0.2) is 0 Å². The maximum absolute atomic E-state index is 3.68. The lowest BCUT2D eigenvalue weighted by atomic mass is 10.2. The molecule has 16 heavy (non-hydrogen) atoms. The lowest BCUT2D eigenvalue weighted by Crippen LogP contribution is -2.38. The molecule has 0 radical (unpaired) electrons. The summed E-state index contributed by atoms with van der Waals surface area (Å²) in [6.07, 6.45) is 8.42. The van der Waals surface area contributed by atoms with Gasteiger partial charge < -0.3 is 5.32 Å². The normalized spacial score (nSPS) is 21.0. The summed E-state index contributed by atoms with van der Waals surface area (Å²) in [7, 11) is 0. The van der Waals surface area contributed by atoms with E-state index in [1.54, 1.807) is 0 Å². The molecule has 2 rings (SSSR count). The summed E-state index contributed by atoms with van der Waals surface area (Å²) >= 11 is 0. The minimum atomic E-state index is 0.738. The SMILES string of the molecule is CCC(CC)NCCN(CC1CC1)C1CC1. The van der Waals surface area contributed by atoms with E-state index in [-0.39, 0.29) is 0 Å². The van der Waals surface area contributed by atoms with Crippen LogP contribution in [0.3, 0.4) is 0 Å². The maximum Gasteiger partial charge on any atom is 0.0110 e. The van der Waals surface area contributed by atoms with Gasteiger partial charge in [0.05, 0.1) is 0 Å². The third-order valence-corrected chi connectivity index (χ3v) is 4.07. The fourth-order valence-electron chi connectivity index (χ4n) is 2.48. The van der Waals surface area contributed by atoms with Crippen molar-refractivity contribution >= 4 is 0 Å². The Balaban J connectivity index is 1.61. The van der Waals surface area contributed by atoms with Crippen LogP contribution >= 0.6 is 0 Å². The zero-order valence-electron chi connectivity index (χ0n) is 11.0. The first-order valence-electron chi connectivity index (χ1n) is 7.30. The Morgan fingerprint density at radius 2 is 1.81 bits per heavy atom. The van der Waals surface area contributed by atoms with Crippen LogP contribution in [0, 0.1) is 5.92 Å². The Labute approximate surface area is 101 Å². The molecule has 94 valence electrons. The zero-order valence-corrected chi connectivity index (χ0v) is 11.0. The van der Waals surface area contributed by atoms with Crippen molar-refractivity contribution < 1.29 is 0 Å². The van der Waals surface area contributed by atoms with E-state index in [1.165, 1.54) is 58.2 Å². The molecule has 0 aromatic rings. The van der Waals surface area contributed by atoms with Gasteiger partial charge in [0.2, 0.25) is 0 Å². The van der Waals surface area contributed by atoms with Gasteiger partial charge in [-0.2, -0.15) is 0 Å². The quantitative estimate of drug-likeness (QED) is 0.648. The molecule has 0 amide bonds. The molecule has 2 aliphatic rings. The zero-order chi connectivity index (χ0) is 11.4. The lowest BCUT2D eigenvalue weighted by molar-refractivity contribution is 0.247. The van der Waals surface area contributed by atoms with Crippen LogP contribution < -0.4 is 5.32 Å². The summed E-state index contributed by atoms with van der Waals surface area (Å²) in [6.45, 7) is 8.41. The monoisotopic (exact) mass is 224 g/mol. The van der Waals surface area contributed by atoms with E-state index in [0.717, 1.165) is 18.0 Å². The Kier molecular flexibility index (Phi) is 4.66. The first kappa shape index (κ1) is 12.4. The molecule has 0 spiro atoms. The van der Waals surface area contributed by atoms with Crippen molar-refractivity contribution in [2.75, 3.05) is 19.6 Å². The second-order valence-corrected chi connectivity index (χ2v) is 5.64. The van der Waals surface area contributed by atoms with Crippen molar-refractivity contribution in [1.82, 2.24) is 10.2 Å². The second-order valence-electron chi connectivity index (χ2n) is 5.64. The van der Waals surface area contributed by atoms with Gasteiger partial charge in [-0.15, -0.1) is 0 Å². The van der Waals surface area contributed by atoms with Gasteiger partial charge in [0, 0.05) is 31.7 Å². The predicted molar refractivity (Wildman–Crippen MR) is 69.7 cm³/mol. The van der Waals surface area contributed by atoms with E-state index >= 15 is 0 Å². The van der Waals surface area contributed by atoms with Gasteiger partial charge in [-0.1, -0.05) is 13.8 Å². The molecule has 0 bridgehead atoms. The Morgan fingerprint density at radius 3 is 2.31 bits per heavy atom. The fraction of sp³-hybridized carbons (Fsp3) is 1.00. The van der Waals surface area contributed by atoms with Gasteiger partial charge in [0.1, 0.15) is 0 Å². The minimum Gasteiger partial charge on any atom is -0.313 e. The Morgan fingerprint density at radius 1 is 1.12 bits per heavy atom. The van der Waals surface area contributed by atoms with Gasteiger partial charge in [-0.05, 0) is 44.4 Å². The molecule has 2 fully saturated rings. The predicted octanol–water partition coefficient (Wildman–Crippen LogP) is 2.64. The van der Waals surface area contributed by atoms with Crippen molar-refractivity contribution in [3.63, 3.8) is 0 Å². The van der Waals surface area contributed by atoms with Gasteiger partial charge in [0.25, 0.3) is 0 Å². The maximum atomic E-state index is 3.68. The van der Waals surface area contributed by atoms with E-state index in [4.69, 9.17) is 0 Å². The van der Waals surface area contributed by atoms with E-state index in [0.29, 0.717) is 0 Å². The van der Waals surface area contributed by atoms with E-state index in [2.05, 4.69) is 24.1 Å². The molecule has 0 aromatic heterocycles. The minimum absolute atomic E-state index is 0.738. The Bertz CT molecular complexity index is 193. The summed E-state index contributed by atoms with van der Waals surface area (Å²) in [5.41, 5.74) is 0. The van der Waals surface area contributed by atoms with Crippen molar-refractivity contribution in [1.29, 1.82) is 0 Å². The molecular weight excluding hydrogens is 196 g/mol. The molecule has 0 aromatic carbocycles. The van der Waals surface area contributed by atoms with Crippen LogP contribution in [-0.2, 0) is 0 Å². The van der Waals surface area contributed by atoms with Crippen LogP contribution in [0.5, 0.6) is 0 Å². The van der Waals surface area contributed by atoms with Crippen molar-refractivity contribution in [3.8, 4) is 0 Å². The number of hydrogen-bond acceptors (Lipinski definition) is 2. The Hall–Kier alpha value is -0.0800. The highest BCUT2D eigenvalue weighted by molar-refractivity contribution is 4.88. The van der Waals surface area contributed by atoms with E-state index < -0.39 is 0 Å². The summed E-state index contributed by atoms with van der Waals surface area (Å²) in [5.74, 6) is 1.05. The molecule has 2 heteroatoms. The topological polar surface area (TPSA) is 15.3 Å². The third kappa shape index (κ3) is 4.06. The molecule has 2 nitrogen and oxygen atoms in total. The van der Waals surface area contributed by atoms with Crippen molar-refractivity contribution in [2.24, 2.45) is 5.92 Å². The summed E-state index contributed by atoms with van der Waals surface area (Å²) in [4.78, 5) is 2.74. The van der Waals surface area contributed by atoms with E-state index in [9.17, 15) is 0 Å². The van der Waals surface area contributed by atoms with Crippen molar-refractivity contribution in [2.45, 2.75) is 64.5 Å². The van der Waals surface area contributed by atoms with Crippen LogP contribution in [0.4, 0.5) is 0 Å². The van der Waals surface area contributed by atoms with Crippen LogP contribution in [0.2, 0.25) is 0 Å².